The number of nitrogens with one attached hydrogen (secondary N) is 1. The van der Waals surface area contributed by atoms with E-state index in [0.29, 0.717) is 6.42 Å². The van der Waals surface area contributed by atoms with E-state index in [-0.39, 0.29) is 5.91 Å². The summed E-state index contributed by atoms with van der Waals surface area (Å²) < 4.78 is 1.20. The highest BCUT2D eigenvalue weighted by Gasteiger charge is 2.30. The first-order chi connectivity index (χ1) is 8.06. The molecule has 0 aromatic rings. The second-order valence-electron chi connectivity index (χ2n) is 5.85. The number of quaternary nitrogens is 1. The summed E-state index contributed by atoms with van der Waals surface area (Å²) in [7, 11) is 4.73. The Morgan fingerprint density at radius 3 is 2.71 bits per heavy atom. The van der Waals surface area contributed by atoms with Gasteiger partial charge in [0.05, 0.1) is 26.7 Å². The van der Waals surface area contributed by atoms with Crippen molar-refractivity contribution in [2.75, 3.05) is 27.2 Å². The average Bonchev–Trinajstić information content (AvgIpc) is 2.30. The van der Waals surface area contributed by atoms with Gasteiger partial charge in [-0.05, 0) is 38.5 Å². The van der Waals surface area contributed by atoms with E-state index in [1.54, 1.807) is 0 Å². The molecule has 1 N–H and O–H groups in total. The van der Waals surface area contributed by atoms with Crippen LogP contribution in [0.15, 0.2) is 0 Å². The Kier molecular flexibility index (Phi) is 5.96. The molecule has 3 nitrogen and oxygen atoms in total. The van der Waals surface area contributed by atoms with Crippen LogP contribution in [0.1, 0.15) is 51.9 Å². The summed E-state index contributed by atoms with van der Waals surface area (Å²) in [5, 5.41) is 2.95. The number of nitrogens with zero attached hydrogens (tertiary/aromatic N) is 1. The Labute approximate surface area is 106 Å². The molecule has 1 heterocycles. The number of carbonyl (C=O) groups excluding carboxylic acids is 1. The molecule has 1 rings (SSSR count). The molecular weight excluding hydrogens is 212 g/mol. The maximum atomic E-state index is 11.1. The number of carbonyl (C=O) groups is 1. The van der Waals surface area contributed by atoms with E-state index in [9.17, 15) is 4.79 Å². The van der Waals surface area contributed by atoms with E-state index in [1.807, 2.05) is 6.92 Å². The molecule has 0 bridgehead atoms. The van der Waals surface area contributed by atoms with Crippen LogP contribution in [0.5, 0.6) is 0 Å². The van der Waals surface area contributed by atoms with Gasteiger partial charge in [0.25, 0.3) is 0 Å². The van der Waals surface area contributed by atoms with Gasteiger partial charge in [0.1, 0.15) is 0 Å². The number of unbranched alkanes of at least 4 members (excludes halogenated alkanes) is 1. The summed E-state index contributed by atoms with van der Waals surface area (Å²) in [4.78, 5) is 11.1. The van der Waals surface area contributed by atoms with E-state index in [1.165, 1.54) is 43.1 Å². The largest absolute Gasteiger partial charge is 0.356 e. The molecule has 0 aromatic heterocycles. The van der Waals surface area contributed by atoms with Crippen LogP contribution in [0.4, 0.5) is 0 Å². The van der Waals surface area contributed by atoms with Crippen molar-refractivity contribution in [2.45, 2.75) is 57.9 Å². The fourth-order valence-corrected chi connectivity index (χ4v) is 2.78. The van der Waals surface area contributed by atoms with Crippen LogP contribution in [0.25, 0.3) is 0 Å². The lowest BCUT2D eigenvalue weighted by Gasteiger charge is -2.41. The molecule has 1 fully saturated rings. The first-order valence-corrected chi connectivity index (χ1v) is 7.15. The number of amides is 1. The third-order valence-electron chi connectivity index (χ3n) is 4.12. The molecule has 1 amide bonds. The molecule has 3 heteroatoms. The first kappa shape index (κ1) is 14.5. The molecule has 0 spiro atoms. The number of likely N-dealkylation sites (tertiary alicyclic amines) is 1. The van der Waals surface area contributed by atoms with Gasteiger partial charge in [-0.2, -0.15) is 0 Å². The van der Waals surface area contributed by atoms with Crippen LogP contribution in [0.3, 0.4) is 0 Å². The lowest BCUT2D eigenvalue weighted by atomic mass is 9.95. The number of piperidine rings is 1. The molecule has 100 valence electrons. The predicted molar refractivity (Wildman–Crippen MR) is 71.8 cm³/mol. The van der Waals surface area contributed by atoms with Crippen molar-refractivity contribution in [3.05, 3.63) is 0 Å². The molecular formula is C14H29N2O+. The van der Waals surface area contributed by atoms with Crippen molar-refractivity contribution in [1.29, 1.82) is 0 Å². The maximum Gasteiger partial charge on any atom is 0.219 e. The fourth-order valence-electron chi connectivity index (χ4n) is 2.78. The summed E-state index contributed by atoms with van der Waals surface area (Å²) in [6.07, 6.45) is 8.46. The minimum Gasteiger partial charge on any atom is -0.356 e. The lowest BCUT2D eigenvalue weighted by Crippen LogP contribution is -2.51. The van der Waals surface area contributed by atoms with Gasteiger partial charge >= 0.3 is 0 Å². The van der Waals surface area contributed by atoms with Crippen molar-refractivity contribution < 1.29 is 9.28 Å². The zero-order valence-corrected chi connectivity index (χ0v) is 11.8. The van der Waals surface area contributed by atoms with Crippen molar-refractivity contribution in [3.8, 4) is 0 Å². The quantitative estimate of drug-likeness (QED) is 0.561. The van der Waals surface area contributed by atoms with Crippen LogP contribution in [-0.4, -0.2) is 43.6 Å². The Morgan fingerprint density at radius 2 is 2.06 bits per heavy atom. The Bertz CT molecular complexity index is 238. The molecule has 17 heavy (non-hydrogen) atoms. The molecule has 0 radical (unpaired) electrons. The Morgan fingerprint density at radius 1 is 1.29 bits per heavy atom. The van der Waals surface area contributed by atoms with Gasteiger partial charge in [0.15, 0.2) is 0 Å². The van der Waals surface area contributed by atoms with Crippen molar-refractivity contribution in [3.63, 3.8) is 0 Å². The molecule has 1 aliphatic heterocycles. The highest BCUT2D eigenvalue weighted by molar-refractivity contribution is 5.75. The second-order valence-corrected chi connectivity index (χ2v) is 5.85. The molecule has 1 atom stereocenters. The summed E-state index contributed by atoms with van der Waals surface area (Å²) in [6, 6.07) is 0.839. The minimum atomic E-state index is 0.179. The highest BCUT2D eigenvalue weighted by atomic mass is 16.1. The summed E-state index contributed by atoms with van der Waals surface area (Å²) >= 11 is 0. The Balaban J connectivity index is 2.11. The lowest BCUT2D eigenvalue weighted by molar-refractivity contribution is -0.920. The van der Waals surface area contributed by atoms with Gasteiger partial charge in [-0.1, -0.05) is 6.92 Å². The summed E-state index contributed by atoms with van der Waals surface area (Å²) in [5.74, 6) is 0.179. The molecule has 0 aromatic carbocycles. The van der Waals surface area contributed by atoms with Crippen LogP contribution in [-0.2, 0) is 4.79 Å². The van der Waals surface area contributed by atoms with Crippen molar-refractivity contribution >= 4 is 5.91 Å². The van der Waals surface area contributed by atoms with Crippen LogP contribution in [0, 0.1) is 0 Å². The van der Waals surface area contributed by atoms with Gasteiger partial charge in [0, 0.05) is 13.0 Å². The van der Waals surface area contributed by atoms with Gasteiger partial charge in [-0.15, -0.1) is 0 Å². The normalized spacial score (nSPS) is 23.4. The van der Waals surface area contributed by atoms with E-state index >= 15 is 0 Å². The van der Waals surface area contributed by atoms with Gasteiger partial charge in [0.2, 0.25) is 5.91 Å². The SMILES string of the molecule is CCC(=O)NCCCCC1CCCC[N+]1(C)C. The standard InChI is InChI=1S/C14H28N2O/c1-4-14(17)15-11-7-5-9-13-10-6-8-12-16(13,2)3/h13H,4-12H2,1-3H3/p+1. The van der Waals surface area contributed by atoms with Gasteiger partial charge in [-0.25, -0.2) is 0 Å². The molecule has 1 aliphatic rings. The van der Waals surface area contributed by atoms with E-state index in [4.69, 9.17) is 0 Å². The van der Waals surface area contributed by atoms with E-state index in [2.05, 4.69) is 19.4 Å². The average molecular weight is 241 g/mol. The minimum absolute atomic E-state index is 0.179. The molecule has 0 aliphatic carbocycles. The van der Waals surface area contributed by atoms with E-state index in [0.717, 1.165) is 19.0 Å². The van der Waals surface area contributed by atoms with Crippen LogP contribution in [0.2, 0.25) is 0 Å². The zero-order valence-electron chi connectivity index (χ0n) is 11.8. The van der Waals surface area contributed by atoms with Gasteiger partial charge in [-0.3, -0.25) is 4.79 Å². The molecule has 1 unspecified atom stereocenters. The monoisotopic (exact) mass is 241 g/mol. The Hall–Kier alpha value is -0.570. The second kappa shape index (κ2) is 7.00. The predicted octanol–water partition coefficient (Wildman–Crippen LogP) is 2.31. The fraction of sp³-hybridized carbons (Fsp3) is 0.929. The molecule has 1 saturated heterocycles. The number of rotatable bonds is 6. The van der Waals surface area contributed by atoms with Crippen LogP contribution < -0.4 is 5.32 Å². The summed E-state index contributed by atoms with van der Waals surface area (Å²) in [6.45, 7) is 4.08. The van der Waals surface area contributed by atoms with E-state index < -0.39 is 0 Å². The highest BCUT2D eigenvalue weighted by Crippen LogP contribution is 2.25. The number of hydrogen-bond donors (Lipinski definition) is 1. The summed E-state index contributed by atoms with van der Waals surface area (Å²) in [5.41, 5.74) is 0. The van der Waals surface area contributed by atoms with Crippen molar-refractivity contribution in [1.82, 2.24) is 5.32 Å². The van der Waals surface area contributed by atoms with Gasteiger partial charge < -0.3 is 9.80 Å². The third kappa shape index (κ3) is 5.07. The topological polar surface area (TPSA) is 29.1 Å². The zero-order chi connectivity index (χ0) is 12.7. The van der Waals surface area contributed by atoms with Crippen LogP contribution >= 0.6 is 0 Å². The third-order valence-corrected chi connectivity index (χ3v) is 4.12. The first-order valence-electron chi connectivity index (χ1n) is 7.15. The maximum absolute atomic E-state index is 11.1. The smallest absolute Gasteiger partial charge is 0.219 e. The number of hydrogen-bond acceptors (Lipinski definition) is 1. The van der Waals surface area contributed by atoms with Crippen molar-refractivity contribution in [2.24, 2.45) is 0 Å². The molecule has 0 saturated carbocycles.